The van der Waals surface area contributed by atoms with Crippen molar-refractivity contribution >= 4 is 17.7 Å². The van der Waals surface area contributed by atoms with Crippen molar-refractivity contribution < 1.29 is 14.3 Å². The van der Waals surface area contributed by atoms with E-state index in [2.05, 4.69) is 17.0 Å². The van der Waals surface area contributed by atoms with Crippen LogP contribution < -0.4 is 9.47 Å². The van der Waals surface area contributed by atoms with Crippen molar-refractivity contribution in [2.45, 2.75) is 11.4 Å². The summed E-state index contributed by atoms with van der Waals surface area (Å²) < 4.78 is 10.8. The topological polar surface area (TPSA) is 42.0 Å². The lowest BCUT2D eigenvalue weighted by Crippen LogP contribution is -2.48. The number of benzene rings is 2. The number of amides is 1. The van der Waals surface area contributed by atoms with Crippen LogP contribution in [0.1, 0.15) is 5.56 Å². The SMILES string of the molecule is O=C(CSc1ccccc1)N1CCN(Cc2ccc3c(c2)OCO3)CC1. The van der Waals surface area contributed by atoms with Gasteiger partial charge in [0.25, 0.3) is 0 Å². The van der Waals surface area contributed by atoms with Crippen molar-refractivity contribution in [3.63, 3.8) is 0 Å². The molecule has 0 aromatic heterocycles. The smallest absolute Gasteiger partial charge is 0.233 e. The highest BCUT2D eigenvalue weighted by molar-refractivity contribution is 8.00. The Balaban J connectivity index is 1.24. The zero-order valence-electron chi connectivity index (χ0n) is 14.6. The van der Waals surface area contributed by atoms with E-state index in [-0.39, 0.29) is 5.91 Å². The Morgan fingerprint density at radius 1 is 0.962 bits per heavy atom. The van der Waals surface area contributed by atoms with Crippen LogP contribution >= 0.6 is 11.8 Å². The molecule has 26 heavy (non-hydrogen) atoms. The first-order chi connectivity index (χ1) is 12.8. The van der Waals surface area contributed by atoms with Crippen LogP contribution in [0.3, 0.4) is 0 Å². The van der Waals surface area contributed by atoms with Crippen LogP contribution in [0.4, 0.5) is 0 Å². The van der Waals surface area contributed by atoms with Crippen molar-refractivity contribution in [1.82, 2.24) is 9.80 Å². The highest BCUT2D eigenvalue weighted by Gasteiger charge is 2.22. The second-order valence-corrected chi connectivity index (χ2v) is 7.50. The third kappa shape index (κ3) is 4.14. The van der Waals surface area contributed by atoms with Crippen molar-refractivity contribution in [3.05, 3.63) is 54.1 Å². The number of carbonyl (C=O) groups is 1. The van der Waals surface area contributed by atoms with Gasteiger partial charge in [-0.25, -0.2) is 0 Å². The van der Waals surface area contributed by atoms with Crippen LogP contribution in [0.25, 0.3) is 0 Å². The monoisotopic (exact) mass is 370 g/mol. The standard InChI is InChI=1S/C20H22N2O3S/c23-20(14-26-17-4-2-1-3-5-17)22-10-8-21(9-11-22)13-16-6-7-18-19(12-16)25-15-24-18/h1-7,12H,8-11,13-15H2. The zero-order chi connectivity index (χ0) is 17.8. The Labute approximate surface area is 157 Å². The first-order valence-electron chi connectivity index (χ1n) is 8.84. The lowest BCUT2D eigenvalue weighted by atomic mass is 10.1. The minimum atomic E-state index is 0.224. The number of thioether (sulfide) groups is 1. The molecule has 5 nitrogen and oxygen atoms in total. The van der Waals surface area contributed by atoms with Crippen LogP contribution in [0.2, 0.25) is 0 Å². The predicted octanol–water partition coefficient (Wildman–Crippen LogP) is 2.85. The van der Waals surface area contributed by atoms with Crippen LogP contribution in [0.15, 0.2) is 53.4 Å². The van der Waals surface area contributed by atoms with Gasteiger partial charge in [-0.15, -0.1) is 11.8 Å². The number of nitrogens with zero attached hydrogens (tertiary/aromatic N) is 2. The number of ether oxygens (including phenoxy) is 2. The van der Waals surface area contributed by atoms with Gasteiger partial charge in [-0.1, -0.05) is 24.3 Å². The van der Waals surface area contributed by atoms with E-state index in [9.17, 15) is 4.79 Å². The molecule has 1 fully saturated rings. The Kier molecular flexibility index (Phi) is 5.32. The summed E-state index contributed by atoms with van der Waals surface area (Å²) in [6.45, 7) is 4.56. The number of hydrogen-bond donors (Lipinski definition) is 0. The normalized spacial score (nSPS) is 16.7. The first kappa shape index (κ1) is 17.2. The fraction of sp³-hybridized carbons (Fsp3) is 0.350. The van der Waals surface area contributed by atoms with Gasteiger partial charge < -0.3 is 14.4 Å². The van der Waals surface area contributed by atoms with E-state index in [0.29, 0.717) is 12.5 Å². The van der Waals surface area contributed by atoms with Gasteiger partial charge >= 0.3 is 0 Å². The van der Waals surface area contributed by atoms with E-state index in [4.69, 9.17) is 9.47 Å². The van der Waals surface area contributed by atoms with Gasteiger partial charge in [0.15, 0.2) is 11.5 Å². The molecule has 0 aliphatic carbocycles. The molecule has 0 atom stereocenters. The average molecular weight is 370 g/mol. The lowest BCUT2D eigenvalue weighted by Gasteiger charge is -2.34. The second kappa shape index (κ2) is 8.01. The molecule has 2 heterocycles. The number of rotatable bonds is 5. The Morgan fingerprint density at radius 2 is 1.73 bits per heavy atom. The molecule has 2 aromatic carbocycles. The van der Waals surface area contributed by atoms with Gasteiger partial charge in [-0.2, -0.15) is 0 Å². The van der Waals surface area contributed by atoms with Crippen molar-refractivity contribution in [2.75, 3.05) is 38.7 Å². The highest BCUT2D eigenvalue weighted by Crippen LogP contribution is 2.32. The molecule has 2 aromatic rings. The summed E-state index contributed by atoms with van der Waals surface area (Å²) in [6, 6.07) is 16.2. The third-order valence-electron chi connectivity index (χ3n) is 4.67. The van der Waals surface area contributed by atoms with Crippen LogP contribution in [0.5, 0.6) is 11.5 Å². The van der Waals surface area contributed by atoms with Gasteiger partial charge in [-0.05, 0) is 29.8 Å². The third-order valence-corrected chi connectivity index (χ3v) is 5.67. The molecule has 136 valence electrons. The minimum absolute atomic E-state index is 0.224. The first-order valence-corrected chi connectivity index (χ1v) is 9.83. The maximum absolute atomic E-state index is 12.4. The summed E-state index contributed by atoms with van der Waals surface area (Å²) in [7, 11) is 0. The maximum atomic E-state index is 12.4. The van der Waals surface area contributed by atoms with Crippen LogP contribution in [-0.4, -0.2) is 54.4 Å². The van der Waals surface area contributed by atoms with Crippen LogP contribution in [-0.2, 0) is 11.3 Å². The molecule has 0 bridgehead atoms. The van der Waals surface area contributed by atoms with Gasteiger partial charge in [0.1, 0.15) is 0 Å². The van der Waals surface area contributed by atoms with E-state index < -0.39 is 0 Å². The molecule has 2 aliphatic rings. The zero-order valence-corrected chi connectivity index (χ0v) is 15.4. The fourth-order valence-electron chi connectivity index (χ4n) is 3.21. The van der Waals surface area contributed by atoms with E-state index in [0.717, 1.165) is 49.1 Å². The van der Waals surface area contributed by atoms with Crippen LogP contribution in [0, 0.1) is 0 Å². The molecule has 0 unspecified atom stereocenters. The van der Waals surface area contributed by atoms with E-state index in [1.807, 2.05) is 41.3 Å². The summed E-state index contributed by atoms with van der Waals surface area (Å²) in [5, 5.41) is 0. The van der Waals surface area contributed by atoms with E-state index in [1.54, 1.807) is 11.8 Å². The van der Waals surface area contributed by atoms with Crippen molar-refractivity contribution in [3.8, 4) is 11.5 Å². The fourth-order valence-corrected chi connectivity index (χ4v) is 4.03. The summed E-state index contributed by atoms with van der Waals surface area (Å²) in [5.41, 5.74) is 1.22. The van der Waals surface area contributed by atoms with Gasteiger partial charge in [0.2, 0.25) is 12.7 Å². The number of carbonyl (C=O) groups excluding carboxylic acids is 1. The predicted molar refractivity (Wildman–Crippen MR) is 102 cm³/mol. The van der Waals surface area contributed by atoms with Crippen molar-refractivity contribution in [1.29, 1.82) is 0 Å². The summed E-state index contributed by atoms with van der Waals surface area (Å²) >= 11 is 1.61. The molecule has 0 saturated carbocycles. The largest absolute Gasteiger partial charge is 0.454 e. The molecule has 0 spiro atoms. The van der Waals surface area contributed by atoms with E-state index in [1.165, 1.54) is 5.56 Å². The molecule has 0 N–H and O–H groups in total. The van der Waals surface area contributed by atoms with E-state index >= 15 is 0 Å². The minimum Gasteiger partial charge on any atom is -0.454 e. The Bertz CT molecular complexity index is 761. The maximum Gasteiger partial charge on any atom is 0.233 e. The molecule has 6 heteroatoms. The molecule has 4 rings (SSSR count). The molecule has 0 radical (unpaired) electrons. The number of piperazine rings is 1. The number of fused-ring (bicyclic) bond motifs is 1. The second-order valence-electron chi connectivity index (χ2n) is 6.45. The quantitative estimate of drug-likeness (QED) is 0.757. The number of hydrogen-bond acceptors (Lipinski definition) is 5. The lowest BCUT2D eigenvalue weighted by molar-refractivity contribution is -0.130. The Morgan fingerprint density at radius 3 is 2.54 bits per heavy atom. The van der Waals surface area contributed by atoms with Crippen molar-refractivity contribution in [2.24, 2.45) is 0 Å². The van der Waals surface area contributed by atoms with Gasteiger partial charge in [0.05, 0.1) is 5.75 Å². The Hall–Kier alpha value is -2.18. The average Bonchev–Trinajstić information content (AvgIpc) is 3.15. The molecule has 1 amide bonds. The summed E-state index contributed by atoms with van der Waals surface area (Å²) in [4.78, 5) is 17.9. The molecule has 2 aliphatic heterocycles. The molecular formula is C20H22N2O3S. The molecular weight excluding hydrogens is 348 g/mol. The summed E-state index contributed by atoms with van der Waals surface area (Å²) in [6.07, 6.45) is 0. The summed E-state index contributed by atoms with van der Waals surface area (Å²) in [5.74, 6) is 2.38. The van der Waals surface area contributed by atoms with Gasteiger partial charge in [-0.3, -0.25) is 9.69 Å². The highest BCUT2D eigenvalue weighted by atomic mass is 32.2. The molecule has 1 saturated heterocycles. The van der Waals surface area contributed by atoms with Gasteiger partial charge in [0, 0.05) is 37.6 Å².